The van der Waals surface area contributed by atoms with Crippen LogP contribution in [0.4, 0.5) is 4.79 Å². The van der Waals surface area contributed by atoms with E-state index in [1.54, 1.807) is 6.92 Å². The van der Waals surface area contributed by atoms with E-state index in [0.717, 1.165) is 19.5 Å². The van der Waals surface area contributed by atoms with Crippen LogP contribution in [0.3, 0.4) is 0 Å². The molecule has 13 heavy (non-hydrogen) atoms. The number of allylic oxidation sites excluding steroid dienone is 1. The van der Waals surface area contributed by atoms with Crippen molar-refractivity contribution >= 4 is 6.09 Å². The summed E-state index contributed by atoms with van der Waals surface area (Å²) in [7, 11) is 0. The van der Waals surface area contributed by atoms with Crippen LogP contribution in [0.25, 0.3) is 0 Å². The molecular weight excluding hydrogens is 168 g/mol. The molecule has 0 aromatic carbocycles. The summed E-state index contributed by atoms with van der Waals surface area (Å²) in [5, 5.41) is 5.92. The summed E-state index contributed by atoms with van der Waals surface area (Å²) in [6.45, 7) is 7.83. The molecule has 1 saturated heterocycles. The Bertz CT molecular complexity index is 198. The Hall–Kier alpha value is -1.03. The molecule has 0 aromatic rings. The van der Waals surface area contributed by atoms with Gasteiger partial charge in [0.1, 0.15) is 0 Å². The monoisotopic (exact) mass is 184 g/mol. The van der Waals surface area contributed by atoms with Crippen LogP contribution in [0.2, 0.25) is 0 Å². The fraction of sp³-hybridized carbons (Fsp3) is 0.667. The quantitative estimate of drug-likeness (QED) is 0.639. The van der Waals surface area contributed by atoms with Crippen LogP contribution < -0.4 is 10.6 Å². The van der Waals surface area contributed by atoms with Crippen molar-refractivity contribution in [2.45, 2.75) is 13.3 Å². The second-order valence-electron chi connectivity index (χ2n) is 3.33. The first-order chi connectivity index (χ1) is 6.18. The summed E-state index contributed by atoms with van der Waals surface area (Å²) in [4.78, 5) is 11.0. The Labute approximate surface area is 78.3 Å². The van der Waals surface area contributed by atoms with E-state index in [1.165, 1.54) is 0 Å². The fourth-order valence-corrected chi connectivity index (χ4v) is 1.31. The minimum atomic E-state index is -0.403. The Balaban J connectivity index is 2.10. The number of ether oxygens (including phenoxy) is 1. The highest BCUT2D eigenvalue weighted by molar-refractivity contribution is 5.68. The van der Waals surface area contributed by atoms with Crippen molar-refractivity contribution in [3.05, 3.63) is 12.3 Å². The van der Waals surface area contributed by atoms with Crippen molar-refractivity contribution < 1.29 is 9.53 Å². The number of hydrogen-bond acceptors (Lipinski definition) is 3. The molecule has 0 aliphatic carbocycles. The summed E-state index contributed by atoms with van der Waals surface area (Å²) < 4.78 is 4.75. The zero-order valence-corrected chi connectivity index (χ0v) is 7.93. The van der Waals surface area contributed by atoms with Crippen LogP contribution in [-0.4, -0.2) is 25.7 Å². The van der Waals surface area contributed by atoms with Crippen LogP contribution in [0, 0.1) is 5.92 Å². The van der Waals surface area contributed by atoms with Gasteiger partial charge in [-0.3, -0.25) is 0 Å². The van der Waals surface area contributed by atoms with Gasteiger partial charge in [0.15, 0.2) is 0 Å². The van der Waals surface area contributed by atoms with Gasteiger partial charge in [-0.25, -0.2) is 4.79 Å². The van der Waals surface area contributed by atoms with Crippen molar-refractivity contribution in [3.63, 3.8) is 0 Å². The van der Waals surface area contributed by atoms with E-state index in [-0.39, 0.29) is 0 Å². The topological polar surface area (TPSA) is 50.4 Å². The van der Waals surface area contributed by atoms with Gasteiger partial charge in [0.2, 0.25) is 0 Å². The van der Waals surface area contributed by atoms with E-state index in [9.17, 15) is 4.79 Å². The molecule has 1 heterocycles. The molecule has 0 unspecified atom stereocenters. The maximum atomic E-state index is 11.0. The average molecular weight is 184 g/mol. The lowest BCUT2D eigenvalue weighted by molar-refractivity contribution is 0.175. The zero-order valence-electron chi connectivity index (χ0n) is 7.93. The summed E-state index contributed by atoms with van der Waals surface area (Å²) in [5.41, 5.74) is 0. The largest absolute Gasteiger partial charge is 0.416 e. The molecule has 2 N–H and O–H groups in total. The van der Waals surface area contributed by atoms with E-state index < -0.39 is 6.09 Å². The summed E-state index contributed by atoms with van der Waals surface area (Å²) in [6, 6.07) is 0. The lowest BCUT2D eigenvalue weighted by atomic mass is 10.1. The average Bonchev–Trinajstić information content (AvgIpc) is 2.51. The number of hydrogen-bond donors (Lipinski definition) is 2. The number of carbonyl (C=O) groups excluding carboxylic acids is 1. The number of nitrogens with one attached hydrogen (secondary N) is 2. The zero-order chi connectivity index (χ0) is 9.68. The molecule has 0 spiro atoms. The van der Waals surface area contributed by atoms with Crippen molar-refractivity contribution in [2.75, 3.05) is 19.6 Å². The van der Waals surface area contributed by atoms with Gasteiger partial charge < -0.3 is 15.4 Å². The predicted molar refractivity (Wildman–Crippen MR) is 50.3 cm³/mol. The molecule has 1 aliphatic rings. The Morgan fingerprint density at radius 2 is 2.54 bits per heavy atom. The first kappa shape index (κ1) is 10.1. The van der Waals surface area contributed by atoms with Crippen molar-refractivity contribution in [3.8, 4) is 0 Å². The SMILES string of the molecule is C=C(C)OC(=O)NC[C@H]1CCNC1. The van der Waals surface area contributed by atoms with Gasteiger partial charge in [-0.1, -0.05) is 6.58 Å². The smallest absolute Gasteiger partial charge is 0.412 e. The van der Waals surface area contributed by atoms with Gasteiger partial charge >= 0.3 is 6.09 Å². The van der Waals surface area contributed by atoms with Gasteiger partial charge in [0, 0.05) is 6.54 Å². The van der Waals surface area contributed by atoms with Crippen LogP contribution in [0.15, 0.2) is 12.3 Å². The first-order valence-corrected chi connectivity index (χ1v) is 4.50. The number of amides is 1. The maximum absolute atomic E-state index is 11.0. The van der Waals surface area contributed by atoms with Gasteiger partial charge in [-0.05, 0) is 32.4 Å². The highest BCUT2D eigenvalue weighted by Crippen LogP contribution is 2.05. The summed E-state index contributed by atoms with van der Waals surface area (Å²) in [6.07, 6.45) is 0.715. The molecule has 1 aliphatic heterocycles. The highest BCUT2D eigenvalue weighted by Gasteiger charge is 2.15. The van der Waals surface area contributed by atoms with Crippen molar-refractivity contribution in [1.82, 2.24) is 10.6 Å². The maximum Gasteiger partial charge on any atom is 0.412 e. The second-order valence-corrected chi connectivity index (χ2v) is 3.33. The van der Waals surface area contributed by atoms with Crippen LogP contribution >= 0.6 is 0 Å². The van der Waals surface area contributed by atoms with E-state index in [1.807, 2.05) is 0 Å². The second kappa shape index (κ2) is 4.87. The lowest BCUT2D eigenvalue weighted by Gasteiger charge is -2.09. The molecular formula is C9H16N2O2. The predicted octanol–water partition coefficient (Wildman–Crippen LogP) is 0.856. The van der Waals surface area contributed by atoms with Crippen LogP contribution in [0.1, 0.15) is 13.3 Å². The van der Waals surface area contributed by atoms with E-state index in [0.29, 0.717) is 18.2 Å². The van der Waals surface area contributed by atoms with E-state index in [4.69, 9.17) is 4.74 Å². The molecule has 0 bridgehead atoms. The van der Waals surface area contributed by atoms with Crippen LogP contribution in [0.5, 0.6) is 0 Å². The van der Waals surface area contributed by atoms with Gasteiger partial charge in [-0.2, -0.15) is 0 Å². The number of rotatable bonds is 3. The molecule has 1 rings (SSSR count). The number of alkyl carbamates (subject to hydrolysis) is 1. The third kappa shape index (κ3) is 3.94. The normalized spacial score (nSPS) is 21.2. The molecule has 74 valence electrons. The summed E-state index contributed by atoms with van der Waals surface area (Å²) >= 11 is 0. The molecule has 1 amide bonds. The molecule has 0 saturated carbocycles. The molecule has 0 aromatic heterocycles. The first-order valence-electron chi connectivity index (χ1n) is 4.50. The minimum absolute atomic E-state index is 0.403. The molecule has 4 heteroatoms. The van der Waals surface area contributed by atoms with Gasteiger partial charge in [-0.15, -0.1) is 0 Å². The Morgan fingerprint density at radius 1 is 1.77 bits per heavy atom. The Morgan fingerprint density at radius 3 is 3.08 bits per heavy atom. The Kier molecular flexibility index (Phi) is 3.76. The standard InChI is InChI=1S/C9H16N2O2/c1-7(2)13-9(12)11-6-8-3-4-10-5-8/h8,10H,1,3-6H2,2H3,(H,11,12)/t8-/m0/s1. The van der Waals surface area contributed by atoms with E-state index in [2.05, 4.69) is 17.2 Å². The van der Waals surface area contributed by atoms with Crippen LogP contribution in [-0.2, 0) is 4.74 Å². The van der Waals surface area contributed by atoms with Crippen molar-refractivity contribution in [2.24, 2.45) is 5.92 Å². The fourth-order valence-electron chi connectivity index (χ4n) is 1.31. The lowest BCUT2D eigenvalue weighted by Crippen LogP contribution is -2.30. The molecule has 4 nitrogen and oxygen atoms in total. The molecule has 1 fully saturated rings. The minimum Gasteiger partial charge on any atom is -0.416 e. The van der Waals surface area contributed by atoms with Gasteiger partial charge in [0.25, 0.3) is 0 Å². The third-order valence-corrected chi connectivity index (χ3v) is 1.96. The molecule has 0 radical (unpaired) electrons. The third-order valence-electron chi connectivity index (χ3n) is 1.96. The van der Waals surface area contributed by atoms with Gasteiger partial charge in [0.05, 0.1) is 5.76 Å². The highest BCUT2D eigenvalue weighted by atomic mass is 16.6. The summed E-state index contributed by atoms with van der Waals surface area (Å²) in [5.74, 6) is 0.958. The van der Waals surface area contributed by atoms with Crippen molar-refractivity contribution in [1.29, 1.82) is 0 Å². The number of carbonyl (C=O) groups is 1. The van der Waals surface area contributed by atoms with E-state index >= 15 is 0 Å². The molecule has 1 atom stereocenters.